The number of halogens is 2. The summed E-state index contributed by atoms with van der Waals surface area (Å²) in [5.74, 6) is -3.81. The van der Waals surface area contributed by atoms with Crippen molar-refractivity contribution in [1.82, 2.24) is 14.1 Å². The molecule has 0 amide bonds. The Hall–Kier alpha value is -3.64. The highest BCUT2D eigenvalue weighted by Gasteiger charge is 2.38. The van der Waals surface area contributed by atoms with Crippen molar-refractivity contribution in [3.8, 4) is 10.8 Å². The van der Waals surface area contributed by atoms with E-state index in [0.717, 1.165) is 21.5 Å². The van der Waals surface area contributed by atoms with Crippen molar-refractivity contribution in [1.29, 1.82) is 0 Å². The van der Waals surface area contributed by atoms with E-state index in [0.29, 0.717) is 15.3 Å². The molecular weight excluding hydrogens is 544 g/mol. The zero-order valence-electron chi connectivity index (χ0n) is 22.2. The molecule has 0 saturated heterocycles. The van der Waals surface area contributed by atoms with Crippen LogP contribution in [0.4, 0.5) is 8.78 Å². The Labute approximate surface area is 231 Å². The summed E-state index contributed by atoms with van der Waals surface area (Å²) in [6.07, 6.45) is 1.43. The molecule has 0 spiro atoms. The van der Waals surface area contributed by atoms with Crippen LogP contribution in [0.25, 0.3) is 21.0 Å². The van der Waals surface area contributed by atoms with Crippen molar-refractivity contribution in [3.05, 3.63) is 74.8 Å². The quantitative estimate of drug-likeness (QED) is 0.302. The third kappa shape index (κ3) is 5.01. The second kappa shape index (κ2) is 10.4. The molecule has 1 fully saturated rings. The van der Waals surface area contributed by atoms with Crippen molar-refractivity contribution >= 4 is 27.5 Å². The topological polar surface area (TPSA) is 117 Å². The molecule has 12 heteroatoms. The smallest absolute Gasteiger partial charge is 0.333 e. The first-order valence-corrected chi connectivity index (χ1v) is 13.7. The summed E-state index contributed by atoms with van der Waals surface area (Å²) in [6.45, 7) is 4.20. The lowest BCUT2D eigenvalue weighted by atomic mass is 9.94. The van der Waals surface area contributed by atoms with E-state index in [1.807, 2.05) is 30.3 Å². The minimum absolute atomic E-state index is 0.0762. The normalized spacial score (nSPS) is 16.8. The van der Waals surface area contributed by atoms with Crippen LogP contribution in [0.2, 0.25) is 0 Å². The molecule has 0 aliphatic heterocycles. The van der Waals surface area contributed by atoms with Gasteiger partial charge in [-0.3, -0.25) is 9.36 Å². The molecule has 1 unspecified atom stereocenters. The van der Waals surface area contributed by atoms with Crippen LogP contribution in [0, 0.1) is 6.92 Å². The van der Waals surface area contributed by atoms with Crippen LogP contribution in [0.5, 0.6) is 0 Å². The molecule has 40 heavy (non-hydrogen) atoms. The number of oxazole rings is 1. The van der Waals surface area contributed by atoms with Gasteiger partial charge in [-0.2, -0.15) is 0 Å². The van der Waals surface area contributed by atoms with Crippen molar-refractivity contribution in [3.63, 3.8) is 0 Å². The number of nitrogens with zero attached hydrogens (tertiary/aromatic N) is 3. The standard InChI is InChI=1S/C28H29F2N3O6S/c1-16-20-23(34)33(27(2,3)25(35)36)26(37)32(24(20)40-21(16)22-31-13-14-38-22)15-19(17-7-5-4-6-8-17)39-18-9-11-28(29,30)12-10-18/h4-8,13-14,18-19H,9-12,15H2,1-3H3,(H,35,36). The van der Waals surface area contributed by atoms with Gasteiger partial charge >= 0.3 is 11.7 Å². The highest BCUT2D eigenvalue weighted by Crippen LogP contribution is 2.38. The molecule has 212 valence electrons. The minimum atomic E-state index is -2.73. The van der Waals surface area contributed by atoms with Crippen molar-refractivity contribution in [2.24, 2.45) is 0 Å². The maximum absolute atomic E-state index is 14.0. The first-order valence-electron chi connectivity index (χ1n) is 12.9. The van der Waals surface area contributed by atoms with Crippen molar-refractivity contribution in [2.45, 2.75) is 76.7 Å². The maximum Gasteiger partial charge on any atom is 0.333 e. The van der Waals surface area contributed by atoms with E-state index in [2.05, 4.69) is 4.98 Å². The average molecular weight is 574 g/mol. The second-order valence-corrected chi connectivity index (χ2v) is 11.6. The van der Waals surface area contributed by atoms with Gasteiger partial charge in [0, 0.05) is 12.8 Å². The van der Waals surface area contributed by atoms with E-state index >= 15 is 0 Å². The van der Waals surface area contributed by atoms with E-state index in [4.69, 9.17) is 9.15 Å². The van der Waals surface area contributed by atoms with Gasteiger partial charge in [-0.15, -0.1) is 11.3 Å². The lowest BCUT2D eigenvalue weighted by molar-refractivity contribution is -0.146. The van der Waals surface area contributed by atoms with Gasteiger partial charge in [0.25, 0.3) is 5.56 Å². The van der Waals surface area contributed by atoms with Gasteiger partial charge in [0.15, 0.2) is 0 Å². The fourth-order valence-electron chi connectivity index (χ4n) is 5.08. The number of fused-ring (bicyclic) bond motifs is 1. The first-order chi connectivity index (χ1) is 18.9. The molecule has 4 aromatic rings. The molecule has 0 radical (unpaired) electrons. The Morgan fingerprint density at radius 1 is 1.25 bits per heavy atom. The molecule has 9 nitrogen and oxygen atoms in total. The summed E-state index contributed by atoms with van der Waals surface area (Å²) in [4.78, 5) is 44.9. The first kappa shape index (κ1) is 27.9. The predicted molar refractivity (Wildman–Crippen MR) is 145 cm³/mol. The summed E-state index contributed by atoms with van der Waals surface area (Å²) in [5, 5.41) is 10.1. The molecule has 1 saturated carbocycles. The Kier molecular flexibility index (Phi) is 7.26. The van der Waals surface area contributed by atoms with E-state index in [-0.39, 0.29) is 43.5 Å². The highest BCUT2D eigenvalue weighted by molar-refractivity contribution is 7.22. The molecule has 3 heterocycles. The average Bonchev–Trinajstić information content (AvgIpc) is 3.55. The Balaban J connectivity index is 1.69. The minimum Gasteiger partial charge on any atom is -0.480 e. The second-order valence-electron chi connectivity index (χ2n) is 10.6. The summed E-state index contributed by atoms with van der Waals surface area (Å²) >= 11 is 1.14. The fourth-order valence-corrected chi connectivity index (χ4v) is 6.32. The van der Waals surface area contributed by atoms with Crippen molar-refractivity contribution in [2.75, 3.05) is 0 Å². The maximum atomic E-state index is 14.0. The monoisotopic (exact) mass is 573 g/mol. The number of aliphatic carboxylic acids is 1. The molecular formula is C28H29F2N3O6S. The zero-order chi connectivity index (χ0) is 28.8. The van der Waals surface area contributed by atoms with E-state index in [1.54, 1.807) is 6.92 Å². The molecule has 1 aliphatic carbocycles. The van der Waals surface area contributed by atoms with Gasteiger partial charge in [0.1, 0.15) is 22.7 Å². The molecule has 1 atom stereocenters. The van der Waals surface area contributed by atoms with Crippen LogP contribution < -0.4 is 11.2 Å². The number of aromatic nitrogens is 3. The van der Waals surface area contributed by atoms with Crippen LogP contribution in [0.1, 0.15) is 56.8 Å². The van der Waals surface area contributed by atoms with Gasteiger partial charge < -0.3 is 14.3 Å². The lowest BCUT2D eigenvalue weighted by Gasteiger charge is -2.32. The Bertz CT molecular complexity index is 1650. The number of aryl methyl sites for hydroxylation is 1. The van der Waals surface area contributed by atoms with Gasteiger partial charge in [-0.1, -0.05) is 30.3 Å². The number of carboxylic acid groups (broad SMARTS) is 1. The van der Waals surface area contributed by atoms with E-state index < -0.39 is 40.9 Å². The zero-order valence-corrected chi connectivity index (χ0v) is 23.0. The van der Waals surface area contributed by atoms with Crippen LogP contribution in [-0.4, -0.2) is 37.2 Å². The van der Waals surface area contributed by atoms with Crippen LogP contribution >= 0.6 is 11.3 Å². The Morgan fingerprint density at radius 2 is 1.93 bits per heavy atom. The van der Waals surface area contributed by atoms with Crippen LogP contribution in [0.3, 0.4) is 0 Å². The summed E-state index contributed by atoms with van der Waals surface area (Å²) in [6, 6.07) is 9.08. The van der Waals surface area contributed by atoms with Gasteiger partial charge in [-0.05, 0) is 44.7 Å². The van der Waals surface area contributed by atoms with Gasteiger partial charge in [-0.25, -0.2) is 27.9 Å². The molecule has 1 aromatic carbocycles. The predicted octanol–water partition coefficient (Wildman–Crippen LogP) is 5.34. The number of carboxylic acids is 1. The number of carbonyl (C=O) groups is 1. The number of ether oxygens (including phenoxy) is 1. The van der Waals surface area contributed by atoms with Crippen LogP contribution in [0.15, 0.2) is 56.8 Å². The van der Waals surface area contributed by atoms with Crippen molar-refractivity contribution < 1.29 is 27.8 Å². The third-order valence-electron chi connectivity index (χ3n) is 7.46. The molecule has 3 aromatic heterocycles. The number of thiophene rings is 1. The molecule has 0 bridgehead atoms. The molecule has 5 rings (SSSR count). The lowest BCUT2D eigenvalue weighted by Crippen LogP contribution is -2.52. The van der Waals surface area contributed by atoms with Gasteiger partial charge in [0.2, 0.25) is 11.8 Å². The fraction of sp³-hybridized carbons (Fsp3) is 0.429. The van der Waals surface area contributed by atoms with E-state index in [1.165, 1.54) is 30.9 Å². The van der Waals surface area contributed by atoms with E-state index in [9.17, 15) is 28.3 Å². The summed E-state index contributed by atoms with van der Waals surface area (Å²) in [7, 11) is 0. The Morgan fingerprint density at radius 3 is 2.52 bits per heavy atom. The summed E-state index contributed by atoms with van der Waals surface area (Å²) < 4.78 is 41.6. The van der Waals surface area contributed by atoms with Crippen LogP contribution in [-0.2, 0) is 21.6 Å². The highest BCUT2D eigenvalue weighted by atomic mass is 32.1. The molecule has 1 N–H and O–H groups in total. The number of rotatable bonds is 8. The number of hydrogen-bond acceptors (Lipinski definition) is 7. The SMILES string of the molecule is Cc1c(-c2ncco2)sc2c1c(=O)n(C(C)(C)C(=O)O)c(=O)n2CC(OC1CCC(F)(F)CC1)c1ccccc1. The number of alkyl halides is 2. The van der Waals surface area contributed by atoms with Gasteiger partial charge in [0.05, 0.1) is 29.1 Å². The molecule has 1 aliphatic rings. The summed E-state index contributed by atoms with van der Waals surface area (Å²) in [5.41, 5.74) is -2.19. The number of benzene rings is 1. The third-order valence-corrected chi connectivity index (χ3v) is 8.76. The number of hydrogen-bond donors (Lipinski definition) is 1. The largest absolute Gasteiger partial charge is 0.480 e.